The number of hydrogen-bond donors (Lipinski definition) is 1. The number of nitrogens with one attached hydrogen (secondary N) is 1. The SMILES string of the molecule is COc1ccc(C(=O)OCc2nc(-c3ccc(C)c(F)c3)no2)cc1S(=O)(=O)NC1CC1. The van der Waals surface area contributed by atoms with Gasteiger partial charge in [-0.05, 0) is 49.6 Å². The lowest BCUT2D eigenvalue weighted by Gasteiger charge is -2.11. The molecular formula is C21H20FN3O6S. The quantitative estimate of drug-likeness (QED) is 0.508. The van der Waals surface area contributed by atoms with E-state index in [4.69, 9.17) is 14.0 Å². The summed E-state index contributed by atoms with van der Waals surface area (Å²) in [7, 11) is -2.51. The monoisotopic (exact) mass is 461 g/mol. The van der Waals surface area contributed by atoms with E-state index < -0.39 is 21.8 Å². The number of carbonyl (C=O) groups excluding carboxylic acids is 1. The Morgan fingerprint density at radius 3 is 2.72 bits per heavy atom. The number of aromatic nitrogens is 2. The van der Waals surface area contributed by atoms with E-state index in [0.29, 0.717) is 11.1 Å². The number of ether oxygens (including phenoxy) is 2. The summed E-state index contributed by atoms with van der Waals surface area (Å²) in [6.45, 7) is 1.30. The summed E-state index contributed by atoms with van der Waals surface area (Å²) in [6, 6.07) is 8.39. The molecule has 0 amide bonds. The average molecular weight is 461 g/mol. The maximum absolute atomic E-state index is 13.7. The Labute approximate surface area is 183 Å². The molecule has 0 saturated heterocycles. The van der Waals surface area contributed by atoms with E-state index in [9.17, 15) is 17.6 Å². The molecule has 9 nitrogen and oxygen atoms in total. The number of carbonyl (C=O) groups is 1. The number of benzene rings is 2. The number of methoxy groups -OCH3 is 1. The molecule has 1 fully saturated rings. The molecule has 1 heterocycles. The molecule has 0 atom stereocenters. The van der Waals surface area contributed by atoms with Crippen LogP contribution in [0.5, 0.6) is 5.75 Å². The zero-order valence-corrected chi connectivity index (χ0v) is 18.1. The van der Waals surface area contributed by atoms with Crippen LogP contribution in [0.1, 0.15) is 34.7 Å². The Kier molecular flexibility index (Phi) is 5.94. The highest BCUT2D eigenvalue weighted by Gasteiger charge is 2.30. The van der Waals surface area contributed by atoms with Crippen molar-refractivity contribution in [2.45, 2.75) is 37.3 Å². The van der Waals surface area contributed by atoms with E-state index in [0.717, 1.165) is 12.8 Å². The lowest BCUT2D eigenvalue weighted by Crippen LogP contribution is -2.26. The van der Waals surface area contributed by atoms with Gasteiger partial charge < -0.3 is 14.0 Å². The highest BCUT2D eigenvalue weighted by Crippen LogP contribution is 2.28. The minimum atomic E-state index is -3.85. The second-order valence-electron chi connectivity index (χ2n) is 7.31. The fourth-order valence-corrected chi connectivity index (χ4v) is 4.37. The molecule has 0 unspecified atom stereocenters. The number of esters is 1. The summed E-state index contributed by atoms with van der Waals surface area (Å²) in [6.07, 6.45) is 1.54. The molecule has 1 saturated carbocycles. The predicted molar refractivity (Wildman–Crippen MR) is 110 cm³/mol. The molecule has 168 valence electrons. The van der Waals surface area contributed by atoms with Crippen molar-refractivity contribution < 1.29 is 31.6 Å². The molecule has 0 bridgehead atoms. The summed E-state index contributed by atoms with van der Waals surface area (Å²) < 4.78 is 56.8. The molecule has 2 aromatic carbocycles. The third-order valence-corrected chi connectivity index (χ3v) is 6.35. The topological polar surface area (TPSA) is 121 Å². The molecule has 1 aliphatic carbocycles. The van der Waals surface area contributed by atoms with Crippen LogP contribution >= 0.6 is 0 Å². The largest absolute Gasteiger partial charge is 0.495 e. The molecular weight excluding hydrogens is 441 g/mol. The summed E-state index contributed by atoms with van der Waals surface area (Å²) in [5.41, 5.74) is 0.921. The fourth-order valence-electron chi connectivity index (χ4n) is 2.87. The zero-order valence-electron chi connectivity index (χ0n) is 17.3. The van der Waals surface area contributed by atoms with Gasteiger partial charge in [0, 0.05) is 11.6 Å². The molecule has 32 heavy (non-hydrogen) atoms. The van der Waals surface area contributed by atoms with Crippen molar-refractivity contribution in [3.8, 4) is 17.1 Å². The van der Waals surface area contributed by atoms with E-state index in [1.165, 1.54) is 31.4 Å². The smallest absolute Gasteiger partial charge is 0.338 e. The van der Waals surface area contributed by atoms with Gasteiger partial charge in [0.15, 0.2) is 6.61 Å². The van der Waals surface area contributed by atoms with E-state index in [2.05, 4.69) is 14.9 Å². The van der Waals surface area contributed by atoms with Crippen LogP contribution in [0.3, 0.4) is 0 Å². The van der Waals surface area contributed by atoms with Crippen LogP contribution in [0.15, 0.2) is 45.8 Å². The van der Waals surface area contributed by atoms with Gasteiger partial charge in [-0.25, -0.2) is 22.3 Å². The lowest BCUT2D eigenvalue weighted by atomic mass is 10.1. The summed E-state index contributed by atoms with van der Waals surface area (Å²) in [5.74, 6) is -0.912. The van der Waals surface area contributed by atoms with Crippen LogP contribution in [0.25, 0.3) is 11.4 Å². The molecule has 1 aliphatic rings. The Morgan fingerprint density at radius 1 is 1.25 bits per heavy atom. The summed E-state index contributed by atoms with van der Waals surface area (Å²) >= 11 is 0. The molecule has 4 rings (SSSR count). The molecule has 0 aliphatic heterocycles. The first kappa shape index (κ1) is 21.9. The van der Waals surface area contributed by atoms with Gasteiger partial charge in [-0.1, -0.05) is 17.3 Å². The summed E-state index contributed by atoms with van der Waals surface area (Å²) in [5, 5.41) is 3.76. The van der Waals surface area contributed by atoms with Crippen LogP contribution in [0.2, 0.25) is 0 Å². The van der Waals surface area contributed by atoms with Gasteiger partial charge in [0.2, 0.25) is 15.8 Å². The van der Waals surface area contributed by atoms with Crippen molar-refractivity contribution in [3.63, 3.8) is 0 Å². The van der Waals surface area contributed by atoms with Crippen molar-refractivity contribution in [2.24, 2.45) is 0 Å². The average Bonchev–Trinajstić information content (AvgIpc) is 3.45. The molecule has 1 aromatic heterocycles. The Hall–Kier alpha value is -3.31. The Balaban J connectivity index is 1.47. The van der Waals surface area contributed by atoms with E-state index in [1.54, 1.807) is 19.1 Å². The van der Waals surface area contributed by atoms with Crippen molar-refractivity contribution >= 4 is 16.0 Å². The highest BCUT2D eigenvalue weighted by atomic mass is 32.2. The maximum Gasteiger partial charge on any atom is 0.338 e. The number of sulfonamides is 1. The minimum Gasteiger partial charge on any atom is -0.495 e. The Morgan fingerprint density at radius 2 is 2.03 bits per heavy atom. The van der Waals surface area contributed by atoms with Crippen molar-refractivity contribution in [1.29, 1.82) is 0 Å². The van der Waals surface area contributed by atoms with Crippen molar-refractivity contribution in [3.05, 3.63) is 59.2 Å². The molecule has 1 N–H and O–H groups in total. The molecule has 0 spiro atoms. The number of halogens is 1. The molecule has 3 aromatic rings. The number of nitrogens with zero attached hydrogens (tertiary/aromatic N) is 2. The molecule has 11 heteroatoms. The third-order valence-electron chi connectivity index (χ3n) is 4.81. The van der Waals surface area contributed by atoms with Gasteiger partial charge in [-0.15, -0.1) is 0 Å². The van der Waals surface area contributed by atoms with Crippen LogP contribution in [-0.4, -0.2) is 37.7 Å². The summed E-state index contributed by atoms with van der Waals surface area (Å²) in [4.78, 5) is 16.4. The second-order valence-corrected chi connectivity index (χ2v) is 9.00. The Bertz CT molecular complexity index is 1270. The van der Waals surface area contributed by atoms with Crippen molar-refractivity contribution in [2.75, 3.05) is 7.11 Å². The minimum absolute atomic E-state index is 0.00564. The first-order valence-corrected chi connectivity index (χ1v) is 11.2. The fraction of sp³-hybridized carbons (Fsp3) is 0.286. The van der Waals surface area contributed by atoms with Crippen LogP contribution in [-0.2, 0) is 21.4 Å². The predicted octanol–water partition coefficient (Wildman–Crippen LogP) is 2.99. The van der Waals surface area contributed by atoms with E-state index in [1.807, 2.05) is 0 Å². The number of rotatable bonds is 8. The standard InChI is InChI=1S/C21H20FN3O6S/c1-12-3-4-13(9-16(12)22)20-23-19(31-24-20)11-30-21(26)14-5-8-17(29-2)18(10-14)32(27,28)25-15-6-7-15/h3-5,8-10,15,25H,6-7,11H2,1-2H3. The first-order chi connectivity index (χ1) is 15.3. The third kappa shape index (κ3) is 4.78. The van der Waals surface area contributed by atoms with Gasteiger partial charge in [-0.2, -0.15) is 4.98 Å². The van der Waals surface area contributed by atoms with Crippen LogP contribution in [0.4, 0.5) is 4.39 Å². The number of hydrogen-bond acceptors (Lipinski definition) is 8. The van der Waals surface area contributed by atoms with E-state index >= 15 is 0 Å². The zero-order chi connectivity index (χ0) is 22.9. The normalized spacial score (nSPS) is 13.7. The first-order valence-electron chi connectivity index (χ1n) is 9.73. The lowest BCUT2D eigenvalue weighted by molar-refractivity contribution is 0.0429. The van der Waals surface area contributed by atoms with Crippen LogP contribution < -0.4 is 9.46 Å². The van der Waals surface area contributed by atoms with E-state index in [-0.39, 0.29) is 40.6 Å². The molecule has 0 radical (unpaired) electrons. The van der Waals surface area contributed by atoms with Crippen LogP contribution in [0, 0.1) is 12.7 Å². The van der Waals surface area contributed by atoms with Gasteiger partial charge in [-0.3, -0.25) is 0 Å². The van der Waals surface area contributed by atoms with Crippen molar-refractivity contribution in [1.82, 2.24) is 14.9 Å². The van der Waals surface area contributed by atoms with Gasteiger partial charge in [0.05, 0.1) is 12.7 Å². The maximum atomic E-state index is 13.7. The number of aryl methyl sites for hydroxylation is 1. The second kappa shape index (κ2) is 8.67. The van der Waals surface area contributed by atoms with Gasteiger partial charge >= 0.3 is 5.97 Å². The van der Waals surface area contributed by atoms with Gasteiger partial charge in [0.25, 0.3) is 5.89 Å². The van der Waals surface area contributed by atoms with Gasteiger partial charge in [0.1, 0.15) is 16.5 Å². The highest BCUT2D eigenvalue weighted by molar-refractivity contribution is 7.89.